The van der Waals surface area contributed by atoms with Crippen molar-refractivity contribution < 1.29 is 14.3 Å². The summed E-state index contributed by atoms with van der Waals surface area (Å²) in [5, 5.41) is 3.00. The number of imidazole rings is 1. The molecule has 1 unspecified atom stereocenters. The summed E-state index contributed by atoms with van der Waals surface area (Å²) in [5.41, 5.74) is 0.457. The van der Waals surface area contributed by atoms with Crippen LogP contribution in [0.4, 0.5) is 0 Å². The lowest BCUT2D eigenvalue weighted by Crippen LogP contribution is -2.54. The number of hydrogen-bond donors (Lipinski definition) is 1. The van der Waals surface area contributed by atoms with Crippen molar-refractivity contribution in [3.8, 4) is 0 Å². The van der Waals surface area contributed by atoms with E-state index in [-0.39, 0.29) is 17.7 Å². The second-order valence-corrected chi connectivity index (χ2v) is 8.31. The van der Waals surface area contributed by atoms with E-state index in [2.05, 4.69) is 10.3 Å². The van der Waals surface area contributed by atoms with Gasteiger partial charge >= 0.3 is 0 Å². The molecule has 7 nitrogen and oxygen atoms in total. The molecule has 1 saturated carbocycles. The highest BCUT2D eigenvalue weighted by atomic mass is 16.5. The van der Waals surface area contributed by atoms with Crippen LogP contribution in [0.1, 0.15) is 37.1 Å². The SMILES string of the molecule is O=C(NCc1ccccc1)C1Cn2ccnc2C2(CCN(C(=O)C3CC3)CC2)O1. The number of amides is 2. The van der Waals surface area contributed by atoms with E-state index in [1.165, 1.54) is 0 Å². The molecule has 0 radical (unpaired) electrons. The molecule has 1 N–H and O–H groups in total. The van der Waals surface area contributed by atoms with Crippen molar-refractivity contribution in [1.82, 2.24) is 19.8 Å². The average Bonchev–Trinajstić information content (AvgIpc) is 3.50. The Morgan fingerprint density at radius 3 is 2.66 bits per heavy atom. The van der Waals surface area contributed by atoms with Crippen molar-refractivity contribution in [2.45, 2.75) is 50.5 Å². The second kappa shape index (κ2) is 7.30. The third-order valence-corrected chi connectivity index (χ3v) is 6.26. The summed E-state index contributed by atoms with van der Waals surface area (Å²) in [4.78, 5) is 31.8. The fraction of sp³-hybridized carbons (Fsp3) is 0.500. The minimum absolute atomic E-state index is 0.107. The summed E-state index contributed by atoms with van der Waals surface area (Å²) in [7, 11) is 0. The van der Waals surface area contributed by atoms with Gasteiger partial charge in [0.05, 0.1) is 6.54 Å². The summed E-state index contributed by atoms with van der Waals surface area (Å²) in [6, 6.07) is 9.86. The van der Waals surface area contributed by atoms with Crippen molar-refractivity contribution in [1.29, 1.82) is 0 Å². The van der Waals surface area contributed by atoms with Gasteiger partial charge in [-0.2, -0.15) is 0 Å². The van der Waals surface area contributed by atoms with Gasteiger partial charge in [-0.05, 0) is 18.4 Å². The number of ether oxygens (including phenoxy) is 1. The molecule has 7 heteroatoms. The zero-order valence-electron chi connectivity index (χ0n) is 16.4. The number of carbonyl (C=O) groups excluding carboxylic acids is 2. The molecular weight excluding hydrogens is 368 g/mol. The van der Waals surface area contributed by atoms with Crippen LogP contribution in [0.25, 0.3) is 0 Å². The van der Waals surface area contributed by atoms with E-state index in [0.717, 1.165) is 24.2 Å². The molecule has 2 aromatic rings. The molecule has 2 amide bonds. The average molecular weight is 394 g/mol. The number of carbonyl (C=O) groups is 2. The van der Waals surface area contributed by atoms with Crippen LogP contribution in [-0.2, 0) is 33.0 Å². The zero-order chi connectivity index (χ0) is 19.8. The van der Waals surface area contributed by atoms with E-state index in [1.807, 2.05) is 46.0 Å². The maximum absolute atomic E-state index is 12.9. The minimum Gasteiger partial charge on any atom is -0.352 e. The van der Waals surface area contributed by atoms with Crippen molar-refractivity contribution in [2.24, 2.45) is 5.92 Å². The summed E-state index contributed by atoms with van der Waals surface area (Å²) in [6.07, 6.45) is 6.50. The number of piperidine rings is 1. The van der Waals surface area contributed by atoms with Gasteiger partial charge in [0.1, 0.15) is 11.4 Å². The number of aromatic nitrogens is 2. The largest absolute Gasteiger partial charge is 0.352 e. The van der Waals surface area contributed by atoms with Crippen LogP contribution in [0.5, 0.6) is 0 Å². The first-order valence-electron chi connectivity index (χ1n) is 10.4. The number of nitrogens with zero attached hydrogens (tertiary/aromatic N) is 3. The highest BCUT2D eigenvalue weighted by Crippen LogP contribution is 2.41. The summed E-state index contributed by atoms with van der Waals surface area (Å²) in [6.45, 7) is 2.25. The second-order valence-electron chi connectivity index (χ2n) is 8.31. The molecule has 152 valence electrons. The third kappa shape index (κ3) is 3.55. The Kier molecular flexibility index (Phi) is 4.62. The zero-order valence-corrected chi connectivity index (χ0v) is 16.4. The van der Waals surface area contributed by atoms with Gasteiger partial charge in [0.25, 0.3) is 5.91 Å². The van der Waals surface area contributed by atoms with Gasteiger partial charge in [-0.1, -0.05) is 30.3 Å². The molecule has 1 aromatic carbocycles. The first kappa shape index (κ1) is 18.4. The Hall–Kier alpha value is -2.67. The van der Waals surface area contributed by atoms with Crippen molar-refractivity contribution in [3.05, 3.63) is 54.1 Å². The van der Waals surface area contributed by atoms with Crippen LogP contribution in [-0.4, -0.2) is 45.5 Å². The first-order chi connectivity index (χ1) is 14.1. The molecule has 2 aliphatic heterocycles. The van der Waals surface area contributed by atoms with Gasteiger partial charge in [-0.25, -0.2) is 4.98 Å². The summed E-state index contributed by atoms with van der Waals surface area (Å²) in [5.74, 6) is 1.28. The van der Waals surface area contributed by atoms with Crippen molar-refractivity contribution in [3.63, 3.8) is 0 Å². The van der Waals surface area contributed by atoms with Crippen molar-refractivity contribution in [2.75, 3.05) is 13.1 Å². The van der Waals surface area contributed by atoms with Crippen LogP contribution in [0.3, 0.4) is 0 Å². The van der Waals surface area contributed by atoms with Crippen molar-refractivity contribution >= 4 is 11.8 Å². The lowest BCUT2D eigenvalue weighted by molar-refractivity contribution is -0.176. The normalized spacial score (nSPS) is 22.9. The number of benzene rings is 1. The molecule has 1 aliphatic carbocycles. The van der Waals surface area contributed by atoms with E-state index in [0.29, 0.717) is 39.0 Å². The molecule has 2 fully saturated rings. The quantitative estimate of drug-likeness (QED) is 0.858. The van der Waals surface area contributed by atoms with Crippen LogP contribution in [0.15, 0.2) is 42.7 Å². The van der Waals surface area contributed by atoms with Crippen LogP contribution >= 0.6 is 0 Å². The molecular formula is C22H26N4O3. The molecule has 3 aliphatic rings. The maximum Gasteiger partial charge on any atom is 0.251 e. The summed E-state index contributed by atoms with van der Waals surface area (Å²) < 4.78 is 8.46. The smallest absolute Gasteiger partial charge is 0.251 e. The highest BCUT2D eigenvalue weighted by Gasteiger charge is 2.48. The Morgan fingerprint density at radius 1 is 1.17 bits per heavy atom. The minimum atomic E-state index is -0.600. The van der Waals surface area contributed by atoms with Crippen LogP contribution in [0.2, 0.25) is 0 Å². The Balaban J connectivity index is 1.28. The fourth-order valence-electron chi connectivity index (χ4n) is 4.45. The number of likely N-dealkylation sites (tertiary alicyclic amines) is 1. The predicted molar refractivity (Wildman–Crippen MR) is 106 cm³/mol. The fourth-order valence-corrected chi connectivity index (χ4v) is 4.45. The molecule has 1 aromatic heterocycles. The molecule has 1 saturated heterocycles. The first-order valence-corrected chi connectivity index (χ1v) is 10.4. The molecule has 0 bridgehead atoms. The van der Waals surface area contributed by atoms with E-state index in [1.54, 1.807) is 6.20 Å². The van der Waals surface area contributed by atoms with Gasteiger partial charge < -0.3 is 19.5 Å². The Bertz CT molecular complexity index is 898. The van der Waals surface area contributed by atoms with Gasteiger partial charge in [0.2, 0.25) is 5.91 Å². The predicted octanol–water partition coefficient (Wildman–Crippen LogP) is 1.83. The van der Waals surface area contributed by atoms with Crippen LogP contribution < -0.4 is 5.32 Å². The molecule has 29 heavy (non-hydrogen) atoms. The lowest BCUT2D eigenvalue weighted by Gasteiger charge is -2.45. The number of rotatable bonds is 4. The lowest BCUT2D eigenvalue weighted by atomic mass is 9.88. The number of nitrogens with one attached hydrogen (secondary N) is 1. The Labute approximate surface area is 170 Å². The standard InChI is InChI=1S/C22H26N4O3/c27-19(24-14-16-4-2-1-3-5-16)18-15-26-13-10-23-21(26)22(29-18)8-11-25(12-9-22)20(28)17-6-7-17/h1-5,10,13,17-18H,6-9,11-12,14-15H2,(H,24,27). The Morgan fingerprint density at radius 2 is 1.93 bits per heavy atom. The number of fused-ring (bicyclic) bond motifs is 2. The van der Waals surface area contributed by atoms with Crippen LogP contribution in [0, 0.1) is 5.92 Å². The maximum atomic E-state index is 12.9. The summed E-state index contributed by atoms with van der Waals surface area (Å²) >= 11 is 0. The molecule has 5 rings (SSSR count). The highest BCUT2D eigenvalue weighted by molar-refractivity contribution is 5.81. The molecule has 3 heterocycles. The van der Waals surface area contributed by atoms with E-state index in [4.69, 9.17) is 4.74 Å². The van der Waals surface area contributed by atoms with Gasteiger partial charge in [0.15, 0.2) is 6.10 Å². The van der Waals surface area contributed by atoms with Gasteiger partial charge in [0, 0.05) is 50.8 Å². The number of hydrogen-bond acceptors (Lipinski definition) is 4. The third-order valence-electron chi connectivity index (χ3n) is 6.26. The van der Waals surface area contributed by atoms with Gasteiger partial charge in [-0.15, -0.1) is 0 Å². The topological polar surface area (TPSA) is 76.5 Å². The monoisotopic (exact) mass is 394 g/mol. The molecule has 1 spiro atoms. The van der Waals surface area contributed by atoms with E-state index < -0.39 is 11.7 Å². The van der Waals surface area contributed by atoms with E-state index >= 15 is 0 Å². The molecule has 1 atom stereocenters. The van der Waals surface area contributed by atoms with Gasteiger partial charge in [-0.3, -0.25) is 9.59 Å². The van der Waals surface area contributed by atoms with E-state index in [9.17, 15) is 9.59 Å².